The van der Waals surface area contributed by atoms with Crippen molar-refractivity contribution >= 4 is 11.9 Å². The summed E-state index contributed by atoms with van der Waals surface area (Å²) in [6.07, 6.45) is 12.2. The second-order valence-corrected chi connectivity index (χ2v) is 7.61. The second-order valence-electron chi connectivity index (χ2n) is 7.61. The molecule has 0 saturated carbocycles. The van der Waals surface area contributed by atoms with E-state index in [4.69, 9.17) is 23.7 Å². The first kappa shape index (κ1) is 29.8. The van der Waals surface area contributed by atoms with Crippen LogP contribution in [0.25, 0.3) is 0 Å². The van der Waals surface area contributed by atoms with Gasteiger partial charge in [0.1, 0.15) is 13.2 Å². The highest BCUT2D eigenvalue weighted by atomic mass is 16.6. The molecule has 7 heteroatoms. The lowest BCUT2D eigenvalue weighted by atomic mass is 10.1. The Morgan fingerprint density at radius 3 is 1.13 bits per heavy atom. The second kappa shape index (κ2) is 25.1. The van der Waals surface area contributed by atoms with Crippen molar-refractivity contribution in [3.05, 3.63) is 0 Å². The molecule has 0 spiro atoms. The number of esters is 2. The Bertz CT molecular complexity index is 365. The third-order valence-corrected chi connectivity index (χ3v) is 4.69. The standard InChI is InChI=1S/C24H46O7/c1-3-5-7-9-11-13-23(25)30-21-19-28-17-15-27-16-18-29-20-22-31-24(26)14-12-10-8-6-4-2/h3-22H2,1-2H3. The number of carbonyl (C=O) groups excluding carboxylic acids is 2. The molecule has 0 N–H and O–H groups in total. The number of unbranched alkanes of at least 4 members (excludes halogenated alkanes) is 8. The molecule has 0 rings (SSSR count). The maximum Gasteiger partial charge on any atom is 0.305 e. The van der Waals surface area contributed by atoms with Crippen LogP contribution in [0.5, 0.6) is 0 Å². The number of ether oxygens (including phenoxy) is 5. The van der Waals surface area contributed by atoms with E-state index in [0.29, 0.717) is 52.5 Å². The minimum atomic E-state index is -0.147. The molecule has 0 aromatic heterocycles. The van der Waals surface area contributed by atoms with E-state index < -0.39 is 0 Å². The molecule has 0 atom stereocenters. The summed E-state index contributed by atoms with van der Waals surface area (Å²) in [6.45, 7) is 7.50. The Morgan fingerprint density at radius 1 is 0.452 bits per heavy atom. The predicted molar refractivity (Wildman–Crippen MR) is 121 cm³/mol. The van der Waals surface area contributed by atoms with E-state index in [2.05, 4.69) is 13.8 Å². The zero-order valence-corrected chi connectivity index (χ0v) is 20.0. The average molecular weight is 447 g/mol. The first-order valence-electron chi connectivity index (χ1n) is 12.2. The molecule has 0 bridgehead atoms. The lowest BCUT2D eigenvalue weighted by Crippen LogP contribution is -2.15. The van der Waals surface area contributed by atoms with E-state index in [9.17, 15) is 9.59 Å². The van der Waals surface area contributed by atoms with Gasteiger partial charge in [-0.25, -0.2) is 0 Å². The van der Waals surface area contributed by atoms with Gasteiger partial charge in [-0.3, -0.25) is 9.59 Å². The van der Waals surface area contributed by atoms with E-state index in [1.807, 2.05) is 0 Å². The molecule has 0 aromatic rings. The molecule has 31 heavy (non-hydrogen) atoms. The van der Waals surface area contributed by atoms with Gasteiger partial charge in [-0.1, -0.05) is 65.2 Å². The Morgan fingerprint density at radius 2 is 0.774 bits per heavy atom. The third-order valence-electron chi connectivity index (χ3n) is 4.69. The molecule has 0 radical (unpaired) electrons. The van der Waals surface area contributed by atoms with Crippen LogP contribution in [0, 0.1) is 0 Å². The average Bonchev–Trinajstić information content (AvgIpc) is 2.76. The van der Waals surface area contributed by atoms with Gasteiger partial charge in [-0.2, -0.15) is 0 Å². The largest absolute Gasteiger partial charge is 0.463 e. The van der Waals surface area contributed by atoms with Gasteiger partial charge in [0.25, 0.3) is 0 Å². The van der Waals surface area contributed by atoms with Gasteiger partial charge in [-0.15, -0.1) is 0 Å². The van der Waals surface area contributed by atoms with Crippen LogP contribution in [-0.4, -0.2) is 64.8 Å². The highest BCUT2D eigenvalue weighted by Crippen LogP contribution is 2.06. The van der Waals surface area contributed by atoms with Crippen LogP contribution < -0.4 is 0 Å². The number of carbonyl (C=O) groups is 2. The Labute approximate surface area is 189 Å². The molecule has 0 aliphatic rings. The van der Waals surface area contributed by atoms with Gasteiger partial charge in [0, 0.05) is 12.8 Å². The van der Waals surface area contributed by atoms with Crippen LogP contribution in [0.1, 0.15) is 90.9 Å². The summed E-state index contributed by atoms with van der Waals surface area (Å²) in [4.78, 5) is 23.1. The summed E-state index contributed by atoms with van der Waals surface area (Å²) in [5, 5.41) is 0. The zero-order chi connectivity index (χ0) is 22.8. The number of hydrogen-bond acceptors (Lipinski definition) is 7. The van der Waals surface area contributed by atoms with Gasteiger partial charge in [0.15, 0.2) is 0 Å². The van der Waals surface area contributed by atoms with Crippen molar-refractivity contribution in [3.8, 4) is 0 Å². The van der Waals surface area contributed by atoms with Crippen LogP contribution in [0.4, 0.5) is 0 Å². The normalized spacial score (nSPS) is 10.9. The molecule has 0 aromatic carbocycles. The maximum absolute atomic E-state index is 11.5. The number of hydrogen-bond donors (Lipinski definition) is 0. The zero-order valence-electron chi connectivity index (χ0n) is 20.0. The molecule has 0 aliphatic heterocycles. The monoisotopic (exact) mass is 446 g/mol. The minimum Gasteiger partial charge on any atom is -0.463 e. The molecule has 7 nitrogen and oxygen atoms in total. The summed E-state index contributed by atoms with van der Waals surface area (Å²) in [7, 11) is 0. The van der Waals surface area contributed by atoms with Crippen molar-refractivity contribution in [1.82, 2.24) is 0 Å². The number of rotatable bonds is 24. The van der Waals surface area contributed by atoms with Gasteiger partial charge in [-0.05, 0) is 12.8 Å². The first-order chi connectivity index (χ1) is 15.2. The van der Waals surface area contributed by atoms with Crippen LogP contribution in [0.3, 0.4) is 0 Å². The van der Waals surface area contributed by atoms with Crippen molar-refractivity contribution in [1.29, 1.82) is 0 Å². The summed E-state index contributed by atoms with van der Waals surface area (Å²) >= 11 is 0. The third kappa shape index (κ3) is 25.0. The van der Waals surface area contributed by atoms with Gasteiger partial charge < -0.3 is 23.7 Å². The molecule has 0 unspecified atom stereocenters. The Hall–Kier alpha value is -1.18. The fraction of sp³-hybridized carbons (Fsp3) is 0.917. The fourth-order valence-electron chi connectivity index (χ4n) is 2.86. The van der Waals surface area contributed by atoms with Crippen LogP contribution in [-0.2, 0) is 33.3 Å². The van der Waals surface area contributed by atoms with Crippen LogP contribution in [0.15, 0.2) is 0 Å². The minimum absolute atomic E-state index is 0.147. The molecule has 0 saturated heterocycles. The van der Waals surface area contributed by atoms with E-state index in [-0.39, 0.29) is 25.2 Å². The first-order valence-corrected chi connectivity index (χ1v) is 12.2. The van der Waals surface area contributed by atoms with Gasteiger partial charge in [0.2, 0.25) is 0 Å². The van der Waals surface area contributed by atoms with Crippen molar-refractivity contribution in [2.75, 3.05) is 52.9 Å². The quantitative estimate of drug-likeness (QED) is 0.155. The van der Waals surface area contributed by atoms with Crippen molar-refractivity contribution < 1.29 is 33.3 Å². The van der Waals surface area contributed by atoms with E-state index in [1.54, 1.807) is 0 Å². The Kier molecular flexibility index (Phi) is 24.1. The fourth-order valence-corrected chi connectivity index (χ4v) is 2.86. The SMILES string of the molecule is CCCCCCCC(=O)OCCOCCOCCOCCOC(=O)CCCCCCC. The highest BCUT2D eigenvalue weighted by molar-refractivity contribution is 5.69. The molecule has 0 fully saturated rings. The van der Waals surface area contributed by atoms with Gasteiger partial charge >= 0.3 is 11.9 Å². The smallest absolute Gasteiger partial charge is 0.305 e. The summed E-state index contributed by atoms with van der Waals surface area (Å²) in [6, 6.07) is 0. The van der Waals surface area contributed by atoms with E-state index >= 15 is 0 Å². The molecule has 0 heterocycles. The topological polar surface area (TPSA) is 80.3 Å². The van der Waals surface area contributed by atoms with Crippen LogP contribution in [0.2, 0.25) is 0 Å². The van der Waals surface area contributed by atoms with Crippen molar-refractivity contribution in [3.63, 3.8) is 0 Å². The van der Waals surface area contributed by atoms with Crippen LogP contribution >= 0.6 is 0 Å². The molecular formula is C24H46O7. The Balaban J connectivity index is 3.19. The summed E-state index contributed by atoms with van der Waals surface area (Å²) < 4.78 is 26.4. The summed E-state index contributed by atoms with van der Waals surface area (Å²) in [5.74, 6) is -0.294. The molecule has 0 amide bonds. The lowest BCUT2D eigenvalue weighted by molar-refractivity contribution is -0.146. The van der Waals surface area contributed by atoms with Crippen molar-refractivity contribution in [2.24, 2.45) is 0 Å². The maximum atomic E-state index is 11.5. The molecule has 184 valence electrons. The predicted octanol–water partition coefficient (Wildman–Crippen LogP) is 4.84. The van der Waals surface area contributed by atoms with Gasteiger partial charge in [0.05, 0.1) is 39.6 Å². The lowest BCUT2D eigenvalue weighted by Gasteiger charge is -2.08. The van der Waals surface area contributed by atoms with Crippen molar-refractivity contribution in [2.45, 2.75) is 90.9 Å². The van der Waals surface area contributed by atoms with E-state index in [1.165, 1.54) is 38.5 Å². The highest BCUT2D eigenvalue weighted by Gasteiger charge is 2.03. The summed E-state index contributed by atoms with van der Waals surface area (Å²) in [5.41, 5.74) is 0. The molecule has 0 aliphatic carbocycles. The van der Waals surface area contributed by atoms with E-state index in [0.717, 1.165) is 25.7 Å². The molecular weight excluding hydrogens is 400 g/mol.